The molecule has 0 aliphatic heterocycles. The SMILES string of the molecule is CCCCCc1cc(O)c(C2C=C(C)CCC2)c(O)c1S(=O)(=O)c1c(F)c(F)c(F)c(F)c1F. The fraction of sp³-hybridized carbons (Fsp3) is 0.417. The first-order valence-electron chi connectivity index (χ1n) is 10.9. The molecule has 1 aliphatic rings. The number of phenolic OH excluding ortho intramolecular Hbond substituents is 2. The molecule has 0 radical (unpaired) electrons. The van der Waals surface area contributed by atoms with Crippen LogP contribution in [0.2, 0.25) is 0 Å². The van der Waals surface area contributed by atoms with Crippen molar-refractivity contribution in [1.29, 1.82) is 0 Å². The molecule has 0 amide bonds. The third kappa shape index (κ3) is 4.52. The van der Waals surface area contributed by atoms with Crippen LogP contribution in [0.1, 0.15) is 69.4 Å². The molecule has 1 aliphatic carbocycles. The summed E-state index contributed by atoms with van der Waals surface area (Å²) in [4.78, 5) is -3.00. The highest BCUT2D eigenvalue weighted by Gasteiger charge is 2.39. The minimum atomic E-state index is -5.43. The Balaban J connectivity index is 2.35. The largest absolute Gasteiger partial charge is 0.507 e. The van der Waals surface area contributed by atoms with Gasteiger partial charge in [-0.3, -0.25) is 0 Å². The van der Waals surface area contributed by atoms with E-state index in [9.17, 15) is 40.6 Å². The molecule has 10 heteroatoms. The Morgan fingerprint density at radius 3 is 2.09 bits per heavy atom. The van der Waals surface area contributed by atoms with Gasteiger partial charge in [0.2, 0.25) is 15.7 Å². The van der Waals surface area contributed by atoms with Gasteiger partial charge in [-0.1, -0.05) is 31.4 Å². The van der Waals surface area contributed by atoms with Crippen LogP contribution in [-0.2, 0) is 16.3 Å². The van der Waals surface area contributed by atoms with Crippen molar-refractivity contribution in [3.05, 3.63) is 57.9 Å². The molecule has 2 aromatic rings. The number of allylic oxidation sites excluding steroid dienone is 2. The Bertz CT molecular complexity index is 1230. The first kappa shape index (κ1) is 26.0. The molecule has 0 saturated heterocycles. The number of sulfone groups is 1. The summed E-state index contributed by atoms with van der Waals surface area (Å²) in [5, 5.41) is 21.7. The molecule has 2 aromatic carbocycles. The number of hydrogen-bond donors (Lipinski definition) is 2. The van der Waals surface area contributed by atoms with Gasteiger partial charge < -0.3 is 10.2 Å². The maximum atomic E-state index is 14.5. The van der Waals surface area contributed by atoms with E-state index in [4.69, 9.17) is 0 Å². The number of aromatic hydroxyl groups is 2. The van der Waals surface area contributed by atoms with Crippen LogP contribution in [0, 0.1) is 29.1 Å². The number of benzene rings is 2. The monoisotopic (exact) mass is 504 g/mol. The standard InChI is InChI=1S/C24H25F5O4S/c1-3-4-5-8-14-11-15(30)16(13-9-6-7-12(2)10-13)22(31)23(14)34(32,33)24-20(28)18(26)17(25)19(27)21(24)29/h10-11,13,30-31H,3-9H2,1-2H3. The molecule has 0 aromatic heterocycles. The number of hydrogen-bond acceptors (Lipinski definition) is 4. The third-order valence-corrected chi connectivity index (χ3v) is 7.94. The van der Waals surface area contributed by atoms with Crippen LogP contribution in [0.15, 0.2) is 27.5 Å². The minimum absolute atomic E-state index is 0.0151. The summed E-state index contributed by atoms with van der Waals surface area (Å²) in [6.07, 6.45) is 5.40. The van der Waals surface area contributed by atoms with E-state index in [2.05, 4.69) is 0 Å². The molecule has 0 fully saturated rings. The average molecular weight is 505 g/mol. The molecule has 0 spiro atoms. The molecule has 0 heterocycles. The van der Waals surface area contributed by atoms with Gasteiger partial charge in [-0.25, -0.2) is 30.4 Å². The zero-order chi connectivity index (χ0) is 25.4. The maximum Gasteiger partial charge on any atom is 0.216 e. The lowest BCUT2D eigenvalue weighted by atomic mass is 9.84. The van der Waals surface area contributed by atoms with Crippen molar-refractivity contribution < 1.29 is 40.6 Å². The minimum Gasteiger partial charge on any atom is -0.507 e. The Morgan fingerprint density at radius 1 is 0.941 bits per heavy atom. The van der Waals surface area contributed by atoms with Gasteiger partial charge in [0, 0.05) is 11.5 Å². The van der Waals surface area contributed by atoms with Gasteiger partial charge in [-0.2, -0.15) is 0 Å². The lowest BCUT2D eigenvalue weighted by Crippen LogP contribution is -2.16. The van der Waals surface area contributed by atoms with Gasteiger partial charge in [-0.05, 0) is 50.7 Å². The zero-order valence-electron chi connectivity index (χ0n) is 18.7. The summed E-state index contributed by atoms with van der Waals surface area (Å²) in [6, 6.07) is 1.08. The summed E-state index contributed by atoms with van der Waals surface area (Å²) >= 11 is 0. The Morgan fingerprint density at radius 2 is 1.53 bits per heavy atom. The quantitative estimate of drug-likeness (QED) is 0.112. The Labute approximate surface area is 194 Å². The predicted molar refractivity (Wildman–Crippen MR) is 115 cm³/mol. The summed E-state index contributed by atoms with van der Waals surface area (Å²) in [7, 11) is -5.43. The molecule has 4 nitrogen and oxygen atoms in total. The predicted octanol–water partition coefficient (Wildman–Crippen LogP) is 6.57. The van der Waals surface area contributed by atoms with E-state index in [0.29, 0.717) is 25.7 Å². The van der Waals surface area contributed by atoms with Gasteiger partial charge in [0.05, 0.1) is 0 Å². The molecule has 2 N–H and O–H groups in total. The lowest BCUT2D eigenvalue weighted by molar-refractivity contribution is 0.357. The highest BCUT2D eigenvalue weighted by atomic mass is 32.2. The third-order valence-electron chi connectivity index (χ3n) is 6.05. The number of halogens is 5. The van der Waals surface area contributed by atoms with E-state index in [0.717, 1.165) is 24.5 Å². The number of phenols is 2. The van der Waals surface area contributed by atoms with Crippen LogP contribution < -0.4 is 0 Å². The van der Waals surface area contributed by atoms with E-state index in [1.165, 1.54) is 0 Å². The van der Waals surface area contributed by atoms with Crippen molar-refractivity contribution >= 4 is 9.84 Å². The van der Waals surface area contributed by atoms with Crippen molar-refractivity contribution in [2.24, 2.45) is 0 Å². The average Bonchev–Trinajstić information content (AvgIpc) is 2.76. The van der Waals surface area contributed by atoms with Crippen LogP contribution in [0.4, 0.5) is 22.0 Å². The van der Waals surface area contributed by atoms with E-state index >= 15 is 0 Å². The summed E-state index contributed by atoms with van der Waals surface area (Å²) in [6.45, 7) is 3.70. The van der Waals surface area contributed by atoms with Crippen LogP contribution >= 0.6 is 0 Å². The van der Waals surface area contributed by atoms with Gasteiger partial charge in [-0.15, -0.1) is 0 Å². The fourth-order valence-corrected chi connectivity index (χ4v) is 6.11. The van der Waals surface area contributed by atoms with Gasteiger partial charge >= 0.3 is 0 Å². The Kier molecular flexibility index (Phi) is 7.59. The van der Waals surface area contributed by atoms with Crippen molar-refractivity contribution in [2.75, 3.05) is 0 Å². The normalized spacial score (nSPS) is 16.6. The highest BCUT2D eigenvalue weighted by molar-refractivity contribution is 7.91. The van der Waals surface area contributed by atoms with Crippen LogP contribution in [0.3, 0.4) is 0 Å². The second kappa shape index (κ2) is 9.93. The molecule has 0 saturated carbocycles. The van der Waals surface area contributed by atoms with E-state index in [1.54, 1.807) is 6.08 Å². The second-order valence-electron chi connectivity index (χ2n) is 8.52. The zero-order valence-corrected chi connectivity index (χ0v) is 19.5. The van der Waals surface area contributed by atoms with E-state index < -0.39 is 66.1 Å². The molecular formula is C24H25F5O4S. The molecule has 0 bridgehead atoms. The first-order chi connectivity index (χ1) is 15.9. The summed E-state index contributed by atoms with van der Waals surface area (Å²) in [5.41, 5.74) is 0.597. The fourth-order valence-electron chi connectivity index (χ4n) is 4.38. The molecule has 34 heavy (non-hydrogen) atoms. The van der Waals surface area contributed by atoms with Crippen molar-refractivity contribution in [3.63, 3.8) is 0 Å². The second-order valence-corrected chi connectivity index (χ2v) is 10.3. The molecule has 186 valence electrons. The van der Waals surface area contributed by atoms with Crippen molar-refractivity contribution in [2.45, 2.75) is 74.5 Å². The van der Waals surface area contributed by atoms with Gasteiger partial charge in [0.25, 0.3) is 0 Å². The summed E-state index contributed by atoms with van der Waals surface area (Å²) < 4.78 is 97.0. The van der Waals surface area contributed by atoms with Gasteiger partial charge in [0.15, 0.2) is 23.3 Å². The Hall–Kier alpha value is -2.62. The molecular weight excluding hydrogens is 479 g/mol. The number of rotatable bonds is 7. The molecule has 1 unspecified atom stereocenters. The van der Waals surface area contributed by atoms with E-state index in [-0.39, 0.29) is 17.5 Å². The van der Waals surface area contributed by atoms with Crippen LogP contribution in [-0.4, -0.2) is 18.6 Å². The van der Waals surface area contributed by atoms with Crippen molar-refractivity contribution in [3.8, 4) is 11.5 Å². The van der Waals surface area contributed by atoms with Crippen LogP contribution in [0.5, 0.6) is 11.5 Å². The smallest absolute Gasteiger partial charge is 0.216 e. The first-order valence-corrected chi connectivity index (χ1v) is 12.4. The topological polar surface area (TPSA) is 74.6 Å². The lowest BCUT2D eigenvalue weighted by Gasteiger charge is -2.24. The van der Waals surface area contributed by atoms with Crippen molar-refractivity contribution in [1.82, 2.24) is 0 Å². The van der Waals surface area contributed by atoms with E-state index in [1.807, 2.05) is 13.8 Å². The number of unbranched alkanes of at least 4 members (excludes halogenated alkanes) is 2. The highest BCUT2D eigenvalue weighted by Crippen LogP contribution is 2.47. The molecule has 3 rings (SSSR count). The number of aryl methyl sites for hydroxylation is 1. The summed E-state index contributed by atoms with van der Waals surface area (Å²) in [5.74, 6) is -14.3. The molecule has 1 atom stereocenters. The maximum absolute atomic E-state index is 14.5. The van der Waals surface area contributed by atoms with Crippen LogP contribution in [0.25, 0.3) is 0 Å². The van der Waals surface area contributed by atoms with Gasteiger partial charge in [0.1, 0.15) is 21.3 Å².